The molecule has 0 aliphatic heterocycles. The van der Waals surface area contributed by atoms with Gasteiger partial charge in [-0.05, 0) is 90.8 Å². The fraction of sp³-hybridized carbons (Fsp3) is 0.300. The molecule has 1 aliphatic carbocycles. The average Bonchev–Trinajstić information content (AvgIpc) is 3.53. The van der Waals surface area contributed by atoms with E-state index >= 15 is 0 Å². The Kier molecular flexibility index (Phi) is 4.24. The number of nitrogens with zero attached hydrogens (tertiary/aromatic N) is 2. The normalized spacial score (nSPS) is 14.3. The fourth-order valence-corrected chi connectivity index (χ4v) is 5.32. The Bertz CT molecular complexity index is 1530. The van der Waals surface area contributed by atoms with Crippen LogP contribution in [0, 0.1) is 20.8 Å². The molecule has 3 aromatic carbocycles. The van der Waals surface area contributed by atoms with Crippen molar-refractivity contribution in [2.75, 3.05) is 0 Å². The summed E-state index contributed by atoms with van der Waals surface area (Å²) in [6, 6.07) is 18.3. The quantitative estimate of drug-likeness (QED) is 0.270. The van der Waals surface area contributed by atoms with Gasteiger partial charge in [-0.1, -0.05) is 50.2 Å². The molecular weight excluding hydrogens is 388 g/mol. The van der Waals surface area contributed by atoms with E-state index in [1.165, 1.54) is 73.6 Å². The van der Waals surface area contributed by atoms with Crippen LogP contribution in [0.3, 0.4) is 0 Å². The molecule has 0 unspecified atom stereocenters. The second kappa shape index (κ2) is 6.93. The summed E-state index contributed by atoms with van der Waals surface area (Å²) in [7, 11) is 0. The smallest absolute Gasteiger partial charge is 0.145 e. The van der Waals surface area contributed by atoms with Gasteiger partial charge in [0.1, 0.15) is 5.65 Å². The topological polar surface area (TPSA) is 17.3 Å². The number of aryl methyl sites for hydroxylation is 3. The highest BCUT2D eigenvalue weighted by Gasteiger charge is 2.29. The van der Waals surface area contributed by atoms with Crippen LogP contribution in [0.2, 0.25) is 0 Å². The van der Waals surface area contributed by atoms with Crippen molar-refractivity contribution in [1.82, 2.24) is 9.38 Å². The Morgan fingerprint density at radius 3 is 2.28 bits per heavy atom. The predicted molar refractivity (Wildman–Crippen MR) is 136 cm³/mol. The van der Waals surface area contributed by atoms with Crippen LogP contribution in [-0.4, -0.2) is 9.38 Å². The fourth-order valence-electron chi connectivity index (χ4n) is 5.32. The maximum absolute atomic E-state index is 5.01. The largest absolute Gasteiger partial charge is 0.292 e. The molecule has 0 saturated heterocycles. The van der Waals surface area contributed by atoms with Gasteiger partial charge in [0.25, 0.3) is 0 Å². The van der Waals surface area contributed by atoms with Gasteiger partial charge in [-0.25, -0.2) is 4.98 Å². The molecule has 160 valence electrons. The van der Waals surface area contributed by atoms with E-state index in [2.05, 4.69) is 93.7 Å². The summed E-state index contributed by atoms with van der Waals surface area (Å²) < 4.78 is 2.42. The summed E-state index contributed by atoms with van der Waals surface area (Å²) >= 11 is 0. The van der Waals surface area contributed by atoms with E-state index in [0.717, 1.165) is 5.65 Å². The number of hydrogen-bond acceptors (Lipinski definition) is 1. The van der Waals surface area contributed by atoms with Crippen LogP contribution in [0.5, 0.6) is 0 Å². The maximum atomic E-state index is 5.01. The van der Waals surface area contributed by atoms with Crippen molar-refractivity contribution >= 4 is 27.3 Å². The lowest BCUT2D eigenvalue weighted by Gasteiger charge is -2.18. The van der Waals surface area contributed by atoms with Crippen LogP contribution < -0.4 is 0 Å². The van der Waals surface area contributed by atoms with Crippen molar-refractivity contribution in [2.24, 2.45) is 0 Å². The van der Waals surface area contributed by atoms with Crippen molar-refractivity contribution in [2.45, 2.75) is 59.3 Å². The Labute approximate surface area is 189 Å². The summed E-state index contributed by atoms with van der Waals surface area (Å²) in [4.78, 5) is 5.01. The molecule has 2 nitrogen and oxygen atoms in total. The van der Waals surface area contributed by atoms with Gasteiger partial charge in [-0.15, -0.1) is 0 Å². The Balaban J connectivity index is 1.78. The van der Waals surface area contributed by atoms with Crippen LogP contribution >= 0.6 is 0 Å². The highest BCUT2D eigenvalue weighted by Crippen LogP contribution is 2.47. The van der Waals surface area contributed by atoms with Crippen molar-refractivity contribution in [3.05, 3.63) is 82.5 Å². The van der Waals surface area contributed by atoms with E-state index in [-0.39, 0.29) is 0 Å². The molecule has 1 saturated carbocycles. The lowest BCUT2D eigenvalue weighted by molar-refractivity contribution is 0.860. The first-order valence-electron chi connectivity index (χ1n) is 11.9. The number of benzene rings is 3. The lowest BCUT2D eigenvalue weighted by atomic mass is 9.90. The van der Waals surface area contributed by atoms with Crippen molar-refractivity contribution in [3.63, 3.8) is 0 Å². The molecule has 6 rings (SSSR count). The van der Waals surface area contributed by atoms with Crippen LogP contribution in [0.4, 0.5) is 0 Å². The van der Waals surface area contributed by atoms with Gasteiger partial charge in [0.15, 0.2) is 0 Å². The van der Waals surface area contributed by atoms with Gasteiger partial charge in [0.2, 0.25) is 0 Å². The molecule has 2 aromatic heterocycles. The second-order valence-corrected chi connectivity index (χ2v) is 10.0. The van der Waals surface area contributed by atoms with Gasteiger partial charge in [-0.3, -0.25) is 4.40 Å². The minimum atomic E-state index is 0.540. The number of fused-ring (bicyclic) bond motifs is 6. The first-order valence-corrected chi connectivity index (χ1v) is 11.9. The summed E-state index contributed by atoms with van der Waals surface area (Å²) in [6.07, 6.45) is 4.71. The van der Waals surface area contributed by atoms with E-state index in [1.54, 1.807) is 0 Å². The summed E-state index contributed by atoms with van der Waals surface area (Å²) in [5.74, 6) is 1.22. The third kappa shape index (κ3) is 2.82. The molecule has 0 bridgehead atoms. The minimum absolute atomic E-state index is 0.540. The Morgan fingerprint density at radius 2 is 1.56 bits per heavy atom. The third-order valence-electron chi connectivity index (χ3n) is 7.40. The first-order chi connectivity index (χ1) is 15.4. The number of imidazole rings is 1. The summed E-state index contributed by atoms with van der Waals surface area (Å²) in [6.45, 7) is 11.3. The molecule has 1 fully saturated rings. The highest BCUT2D eigenvalue weighted by molar-refractivity contribution is 6.12. The molecule has 0 amide bonds. The van der Waals surface area contributed by atoms with E-state index in [1.807, 2.05) is 0 Å². The van der Waals surface area contributed by atoms with Gasteiger partial charge >= 0.3 is 0 Å². The zero-order valence-electron chi connectivity index (χ0n) is 19.7. The highest BCUT2D eigenvalue weighted by atomic mass is 15.0. The minimum Gasteiger partial charge on any atom is -0.292 e. The van der Waals surface area contributed by atoms with Gasteiger partial charge in [-0.2, -0.15) is 0 Å². The van der Waals surface area contributed by atoms with Crippen molar-refractivity contribution in [3.8, 4) is 11.3 Å². The zero-order valence-corrected chi connectivity index (χ0v) is 19.7. The van der Waals surface area contributed by atoms with Gasteiger partial charge in [0, 0.05) is 16.3 Å². The Morgan fingerprint density at radius 1 is 0.844 bits per heavy atom. The predicted octanol–water partition coefficient (Wildman–Crippen LogP) is 8.23. The standard InChI is InChI=1S/C30H30N2/c1-17(2)22-12-20(5)29(25(15-22)21-10-11-21)28-16-31-30-24-9-7-6-8-23(24)26-13-18(3)19(4)14-27(26)32(28)30/h6-9,12-17,21H,10-11H2,1-5H3. The zero-order chi connectivity index (χ0) is 22.1. The van der Waals surface area contributed by atoms with Gasteiger partial charge < -0.3 is 0 Å². The summed E-state index contributed by atoms with van der Waals surface area (Å²) in [5.41, 5.74) is 11.9. The van der Waals surface area contributed by atoms with E-state index in [9.17, 15) is 0 Å². The molecule has 0 atom stereocenters. The number of rotatable bonds is 3. The van der Waals surface area contributed by atoms with Crippen molar-refractivity contribution < 1.29 is 0 Å². The van der Waals surface area contributed by atoms with Crippen LogP contribution in [0.1, 0.15) is 66.3 Å². The summed E-state index contributed by atoms with van der Waals surface area (Å²) in [5, 5.41) is 3.81. The molecule has 2 heteroatoms. The van der Waals surface area contributed by atoms with Crippen LogP contribution in [-0.2, 0) is 0 Å². The average molecular weight is 419 g/mol. The monoisotopic (exact) mass is 418 g/mol. The SMILES string of the molecule is Cc1cc2c3ccccc3c3ncc(-c4c(C)cc(C(C)C)cc4C4CC4)n3c2cc1C. The Hall–Kier alpha value is -3.13. The molecule has 0 N–H and O–H groups in total. The maximum Gasteiger partial charge on any atom is 0.145 e. The molecular formula is C30H30N2. The number of pyridine rings is 1. The lowest BCUT2D eigenvalue weighted by Crippen LogP contribution is -2.01. The third-order valence-corrected chi connectivity index (χ3v) is 7.40. The first kappa shape index (κ1) is 19.5. The number of aromatic nitrogens is 2. The molecule has 1 aliphatic rings. The molecule has 32 heavy (non-hydrogen) atoms. The molecule has 5 aromatic rings. The molecule has 0 spiro atoms. The van der Waals surface area contributed by atoms with E-state index in [4.69, 9.17) is 4.98 Å². The van der Waals surface area contributed by atoms with Crippen molar-refractivity contribution in [1.29, 1.82) is 0 Å². The van der Waals surface area contributed by atoms with Crippen LogP contribution in [0.15, 0.2) is 54.7 Å². The number of hydrogen-bond donors (Lipinski definition) is 0. The van der Waals surface area contributed by atoms with E-state index in [0.29, 0.717) is 11.8 Å². The van der Waals surface area contributed by atoms with Crippen LogP contribution in [0.25, 0.3) is 38.6 Å². The molecule has 0 radical (unpaired) electrons. The van der Waals surface area contributed by atoms with Gasteiger partial charge in [0.05, 0.1) is 17.4 Å². The van der Waals surface area contributed by atoms with E-state index < -0.39 is 0 Å². The second-order valence-electron chi connectivity index (χ2n) is 10.0. The molecule has 2 heterocycles.